The minimum atomic E-state index is 0.531. The van der Waals surface area contributed by atoms with Gasteiger partial charge in [-0.2, -0.15) is 0 Å². The van der Waals surface area contributed by atoms with Crippen LogP contribution < -0.4 is 10.2 Å². The molecule has 19 heavy (non-hydrogen) atoms. The van der Waals surface area contributed by atoms with Gasteiger partial charge in [0.2, 0.25) is 0 Å². The molecule has 0 bridgehead atoms. The topological polar surface area (TPSA) is 18.5 Å². The standard InChI is InChI=1S/C16H29N3/c1-13(2)16(12-18(3)4)17-11-14-7-9-15(10-8-14)19(5)6/h7-10,13,16-17H,11-12H2,1-6H3. The number of likely N-dealkylation sites (N-methyl/N-ethyl adjacent to an activating group) is 1. The average molecular weight is 263 g/mol. The fraction of sp³-hybridized carbons (Fsp3) is 0.625. The summed E-state index contributed by atoms with van der Waals surface area (Å²) >= 11 is 0. The van der Waals surface area contributed by atoms with E-state index < -0.39 is 0 Å². The Kier molecular flexibility index (Phi) is 6.32. The lowest BCUT2D eigenvalue weighted by Crippen LogP contribution is -2.41. The highest BCUT2D eigenvalue weighted by atomic mass is 15.1. The van der Waals surface area contributed by atoms with Crippen LogP contribution in [-0.4, -0.2) is 45.7 Å². The Morgan fingerprint density at radius 3 is 2.00 bits per heavy atom. The number of nitrogens with zero attached hydrogens (tertiary/aromatic N) is 2. The third-order valence-corrected chi connectivity index (χ3v) is 3.39. The van der Waals surface area contributed by atoms with Gasteiger partial charge < -0.3 is 15.1 Å². The van der Waals surface area contributed by atoms with Gasteiger partial charge in [-0.1, -0.05) is 26.0 Å². The number of hydrogen-bond donors (Lipinski definition) is 1. The Hall–Kier alpha value is -1.06. The monoisotopic (exact) mass is 263 g/mol. The summed E-state index contributed by atoms with van der Waals surface area (Å²) in [6, 6.07) is 9.29. The molecule has 0 aliphatic carbocycles. The second-order valence-electron chi connectivity index (χ2n) is 6.05. The van der Waals surface area contributed by atoms with Crippen molar-refractivity contribution in [1.82, 2.24) is 10.2 Å². The van der Waals surface area contributed by atoms with E-state index >= 15 is 0 Å². The van der Waals surface area contributed by atoms with Gasteiger partial charge in [-0.15, -0.1) is 0 Å². The van der Waals surface area contributed by atoms with Gasteiger partial charge in [0.15, 0.2) is 0 Å². The highest BCUT2D eigenvalue weighted by Gasteiger charge is 2.13. The Balaban J connectivity index is 2.54. The maximum Gasteiger partial charge on any atom is 0.0361 e. The summed E-state index contributed by atoms with van der Waals surface area (Å²) in [5.41, 5.74) is 2.59. The highest BCUT2D eigenvalue weighted by Crippen LogP contribution is 2.12. The molecule has 0 amide bonds. The summed E-state index contributed by atoms with van der Waals surface area (Å²) in [7, 11) is 8.39. The molecule has 0 aliphatic heterocycles. The molecule has 0 heterocycles. The molecule has 3 nitrogen and oxygen atoms in total. The number of anilines is 1. The lowest BCUT2D eigenvalue weighted by Gasteiger charge is -2.26. The van der Waals surface area contributed by atoms with Crippen molar-refractivity contribution in [3.63, 3.8) is 0 Å². The summed E-state index contributed by atoms with van der Waals surface area (Å²) in [5.74, 6) is 0.642. The molecule has 1 aromatic carbocycles. The van der Waals surface area contributed by atoms with Crippen molar-refractivity contribution in [2.75, 3.05) is 39.6 Å². The first-order chi connectivity index (χ1) is 8.90. The van der Waals surface area contributed by atoms with Crippen LogP contribution in [0, 0.1) is 5.92 Å². The molecule has 3 heteroatoms. The van der Waals surface area contributed by atoms with E-state index in [0.29, 0.717) is 12.0 Å². The highest BCUT2D eigenvalue weighted by molar-refractivity contribution is 5.45. The number of nitrogens with one attached hydrogen (secondary N) is 1. The van der Waals surface area contributed by atoms with E-state index in [1.807, 2.05) is 0 Å². The van der Waals surface area contributed by atoms with Gasteiger partial charge in [0.25, 0.3) is 0 Å². The second kappa shape index (κ2) is 7.51. The molecule has 1 unspecified atom stereocenters. The van der Waals surface area contributed by atoms with Gasteiger partial charge in [0.05, 0.1) is 0 Å². The lowest BCUT2D eigenvalue weighted by molar-refractivity contribution is 0.288. The number of rotatable bonds is 7. The van der Waals surface area contributed by atoms with E-state index in [0.717, 1.165) is 13.1 Å². The molecule has 108 valence electrons. The van der Waals surface area contributed by atoms with E-state index in [2.05, 4.69) is 81.4 Å². The molecule has 0 saturated carbocycles. The van der Waals surface area contributed by atoms with Crippen molar-refractivity contribution in [1.29, 1.82) is 0 Å². The third kappa shape index (κ3) is 5.62. The van der Waals surface area contributed by atoms with Crippen molar-refractivity contribution in [2.45, 2.75) is 26.4 Å². The van der Waals surface area contributed by atoms with Crippen LogP contribution in [0.1, 0.15) is 19.4 Å². The van der Waals surface area contributed by atoms with Gasteiger partial charge in [-0.25, -0.2) is 0 Å². The maximum absolute atomic E-state index is 3.66. The molecule has 1 N–H and O–H groups in total. The van der Waals surface area contributed by atoms with E-state index in [4.69, 9.17) is 0 Å². The summed E-state index contributed by atoms with van der Waals surface area (Å²) in [4.78, 5) is 4.37. The van der Waals surface area contributed by atoms with Crippen molar-refractivity contribution < 1.29 is 0 Å². The van der Waals surface area contributed by atoms with Crippen molar-refractivity contribution in [2.24, 2.45) is 5.92 Å². The smallest absolute Gasteiger partial charge is 0.0361 e. The molecule has 0 aromatic heterocycles. The van der Waals surface area contributed by atoms with E-state index in [1.165, 1.54) is 11.3 Å². The van der Waals surface area contributed by atoms with Crippen LogP contribution in [-0.2, 0) is 6.54 Å². The largest absolute Gasteiger partial charge is 0.378 e. The Bertz CT molecular complexity index is 355. The Morgan fingerprint density at radius 1 is 1.00 bits per heavy atom. The van der Waals surface area contributed by atoms with Gasteiger partial charge >= 0.3 is 0 Å². The minimum Gasteiger partial charge on any atom is -0.378 e. The maximum atomic E-state index is 3.66. The Labute approximate surface area is 118 Å². The minimum absolute atomic E-state index is 0.531. The third-order valence-electron chi connectivity index (χ3n) is 3.39. The van der Waals surface area contributed by atoms with Crippen LogP contribution in [0.3, 0.4) is 0 Å². The predicted molar refractivity (Wildman–Crippen MR) is 84.8 cm³/mol. The molecule has 1 atom stereocenters. The summed E-state index contributed by atoms with van der Waals surface area (Å²) in [6.07, 6.45) is 0. The van der Waals surface area contributed by atoms with E-state index in [1.54, 1.807) is 0 Å². The van der Waals surface area contributed by atoms with Crippen LogP contribution in [0.15, 0.2) is 24.3 Å². The van der Waals surface area contributed by atoms with Crippen LogP contribution in [0.2, 0.25) is 0 Å². The average Bonchev–Trinajstić information content (AvgIpc) is 2.34. The zero-order valence-electron chi connectivity index (χ0n) is 13.3. The molecular weight excluding hydrogens is 234 g/mol. The summed E-state index contributed by atoms with van der Waals surface area (Å²) in [6.45, 7) is 6.56. The summed E-state index contributed by atoms with van der Waals surface area (Å²) < 4.78 is 0. The van der Waals surface area contributed by atoms with Gasteiger partial charge in [0.1, 0.15) is 0 Å². The molecule has 0 spiro atoms. The van der Waals surface area contributed by atoms with Gasteiger partial charge in [0, 0.05) is 38.9 Å². The van der Waals surface area contributed by atoms with Gasteiger partial charge in [-0.05, 0) is 37.7 Å². The fourth-order valence-electron chi connectivity index (χ4n) is 2.07. The Morgan fingerprint density at radius 2 is 1.58 bits per heavy atom. The first kappa shape index (κ1) is 16.0. The van der Waals surface area contributed by atoms with Crippen LogP contribution in [0.25, 0.3) is 0 Å². The molecule has 1 aromatic rings. The molecule has 0 radical (unpaired) electrons. The van der Waals surface area contributed by atoms with E-state index in [9.17, 15) is 0 Å². The van der Waals surface area contributed by atoms with Crippen LogP contribution >= 0.6 is 0 Å². The zero-order chi connectivity index (χ0) is 14.4. The van der Waals surface area contributed by atoms with Crippen molar-refractivity contribution in [3.8, 4) is 0 Å². The van der Waals surface area contributed by atoms with Crippen molar-refractivity contribution in [3.05, 3.63) is 29.8 Å². The van der Waals surface area contributed by atoms with E-state index in [-0.39, 0.29) is 0 Å². The quantitative estimate of drug-likeness (QED) is 0.815. The fourth-order valence-corrected chi connectivity index (χ4v) is 2.07. The summed E-state index contributed by atoms with van der Waals surface area (Å²) in [5, 5.41) is 3.66. The first-order valence-corrected chi connectivity index (χ1v) is 7.04. The molecule has 0 saturated heterocycles. The first-order valence-electron chi connectivity index (χ1n) is 7.04. The zero-order valence-corrected chi connectivity index (χ0v) is 13.3. The normalized spacial score (nSPS) is 13.1. The SMILES string of the molecule is CC(C)C(CN(C)C)NCc1ccc(N(C)C)cc1. The second-order valence-corrected chi connectivity index (χ2v) is 6.05. The molecule has 0 fully saturated rings. The van der Waals surface area contributed by atoms with Gasteiger partial charge in [-0.3, -0.25) is 0 Å². The number of hydrogen-bond acceptors (Lipinski definition) is 3. The molecule has 1 rings (SSSR count). The molecular formula is C16H29N3. The lowest BCUT2D eigenvalue weighted by atomic mass is 10.0. The molecule has 0 aliphatic rings. The van der Waals surface area contributed by atoms with Crippen LogP contribution in [0.4, 0.5) is 5.69 Å². The predicted octanol–water partition coefficient (Wildman–Crippen LogP) is 2.43. The van der Waals surface area contributed by atoms with Crippen LogP contribution in [0.5, 0.6) is 0 Å². The van der Waals surface area contributed by atoms with Crippen molar-refractivity contribution >= 4 is 5.69 Å². The number of benzene rings is 1.